The monoisotopic (exact) mass is 372 g/mol. The number of methoxy groups -OCH3 is 1. The number of aromatic nitrogens is 4. The first kappa shape index (κ1) is 19.5. The van der Waals surface area contributed by atoms with Gasteiger partial charge < -0.3 is 9.47 Å². The van der Waals surface area contributed by atoms with Gasteiger partial charge >= 0.3 is 5.97 Å². The van der Waals surface area contributed by atoms with Gasteiger partial charge in [0.2, 0.25) is 0 Å². The van der Waals surface area contributed by atoms with E-state index in [4.69, 9.17) is 9.47 Å². The molecule has 27 heavy (non-hydrogen) atoms. The van der Waals surface area contributed by atoms with Crippen LogP contribution in [0, 0.1) is 27.7 Å². The molecule has 2 aromatic heterocycles. The first-order chi connectivity index (χ1) is 12.9. The Morgan fingerprint density at radius 1 is 1.11 bits per heavy atom. The Balaban J connectivity index is 1.77. The summed E-state index contributed by atoms with van der Waals surface area (Å²) < 4.78 is 12.9. The maximum Gasteiger partial charge on any atom is 0.310 e. The minimum atomic E-state index is -0.240. The van der Waals surface area contributed by atoms with E-state index >= 15 is 0 Å². The van der Waals surface area contributed by atoms with E-state index in [-0.39, 0.29) is 24.6 Å². The number of nitrogens with zero attached hydrogens (tertiary/aromatic N) is 4. The quantitative estimate of drug-likeness (QED) is 0.751. The average molecular weight is 372 g/mol. The zero-order valence-corrected chi connectivity index (χ0v) is 16.8. The van der Waals surface area contributed by atoms with E-state index in [0.29, 0.717) is 5.95 Å². The fraction of sp³-hybridized carbons (Fsp3) is 0.600. The third kappa shape index (κ3) is 4.35. The molecular weight excluding hydrogens is 344 g/mol. The summed E-state index contributed by atoms with van der Waals surface area (Å²) in [5, 5.41) is 4.55. The fourth-order valence-electron chi connectivity index (χ4n) is 3.75. The van der Waals surface area contributed by atoms with Gasteiger partial charge in [0.25, 0.3) is 5.95 Å². The van der Waals surface area contributed by atoms with Crippen LogP contribution >= 0.6 is 0 Å². The van der Waals surface area contributed by atoms with E-state index in [1.54, 1.807) is 11.8 Å². The number of carbonyl (C=O) groups excluding carboxylic acids is 1. The van der Waals surface area contributed by atoms with Gasteiger partial charge in [-0.25, -0.2) is 14.6 Å². The maximum atomic E-state index is 12.6. The summed E-state index contributed by atoms with van der Waals surface area (Å²) in [7, 11) is 1.68. The average Bonchev–Trinajstić information content (AvgIpc) is 2.89. The molecule has 1 aliphatic rings. The number of hydrogen-bond acceptors (Lipinski definition) is 6. The highest BCUT2D eigenvalue weighted by atomic mass is 16.6. The molecule has 0 bridgehead atoms. The van der Waals surface area contributed by atoms with Crippen molar-refractivity contribution in [2.45, 2.75) is 72.0 Å². The lowest BCUT2D eigenvalue weighted by Gasteiger charge is -2.29. The van der Waals surface area contributed by atoms with E-state index in [1.165, 1.54) is 0 Å². The van der Waals surface area contributed by atoms with Crippen molar-refractivity contribution in [1.82, 2.24) is 19.7 Å². The Hall–Kier alpha value is -2.28. The summed E-state index contributed by atoms with van der Waals surface area (Å²) in [5.74, 6) is 0.287. The molecule has 1 aliphatic carbocycles. The molecule has 0 unspecified atom stereocenters. The summed E-state index contributed by atoms with van der Waals surface area (Å²) in [6.07, 6.45) is 4.01. The van der Waals surface area contributed by atoms with Crippen LogP contribution < -0.4 is 0 Å². The summed E-state index contributed by atoms with van der Waals surface area (Å²) in [4.78, 5) is 21.5. The molecule has 1 fully saturated rings. The van der Waals surface area contributed by atoms with Crippen LogP contribution in [0.3, 0.4) is 0 Å². The largest absolute Gasteiger partial charge is 0.459 e. The fourth-order valence-corrected chi connectivity index (χ4v) is 3.75. The second kappa shape index (κ2) is 8.17. The molecule has 3 rings (SSSR count). The van der Waals surface area contributed by atoms with Crippen LogP contribution in [-0.2, 0) is 20.7 Å². The summed E-state index contributed by atoms with van der Waals surface area (Å²) in [6, 6.07) is 1.92. The Morgan fingerprint density at radius 2 is 1.74 bits per heavy atom. The molecule has 7 heteroatoms. The normalized spacial score (nSPS) is 19.9. The molecule has 0 N–H and O–H groups in total. The zero-order valence-electron chi connectivity index (χ0n) is 16.8. The van der Waals surface area contributed by atoms with Crippen molar-refractivity contribution in [3.8, 4) is 5.95 Å². The van der Waals surface area contributed by atoms with Crippen molar-refractivity contribution in [2.24, 2.45) is 0 Å². The number of carbonyl (C=O) groups is 1. The van der Waals surface area contributed by atoms with Gasteiger partial charge in [0, 0.05) is 29.8 Å². The van der Waals surface area contributed by atoms with Crippen LogP contribution in [0.1, 0.15) is 54.0 Å². The lowest BCUT2D eigenvalue weighted by Crippen LogP contribution is -2.36. The molecule has 2 atom stereocenters. The first-order valence-corrected chi connectivity index (χ1v) is 9.49. The molecule has 0 amide bonds. The Kier molecular flexibility index (Phi) is 5.89. The van der Waals surface area contributed by atoms with Crippen molar-refractivity contribution in [3.63, 3.8) is 0 Å². The van der Waals surface area contributed by atoms with Crippen LogP contribution in [0.25, 0.3) is 5.95 Å². The minimum Gasteiger partial charge on any atom is -0.459 e. The molecule has 7 nitrogen and oxygen atoms in total. The molecular formula is C20H28N4O3. The van der Waals surface area contributed by atoms with Gasteiger partial charge in [0.15, 0.2) is 0 Å². The second-order valence-electron chi connectivity index (χ2n) is 7.28. The predicted molar refractivity (Wildman–Crippen MR) is 101 cm³/mol. The van der Waals surface area contributed by atoms with Gasteiger partial charge in [-0.3, -0.25) is 4.79 Å². The van der Waals surface area contributed by atoms with E-state index in [0.717, 1.165) is 54.0 Å². The number of esters is 1. The highest BCUT2D eigenvalue weighted by molar-refractivity contribution is 5.73. The SMILES string of the molecule is CO[C@@H]1CCCC[C@H]1OC(=O)Cc1c(C)nn(-c2nc(C)cc(C)n2)c1C. The van der Waals surface area contributed by atoms with Gasteiger partial charge in [0.1, 0.15) is 6.10 Å². The topological polar surface area (TPSA) is 79.1 Å². The van der Waals surface area contributed by atoms with Crippen LogP contribution in [0.5, 0.6) is 0 Å². The first-order valence-electron chi connectivity index (χ1n) is 9.49. The number of hydrogen-bond donors (Lipinski definition) is 0. The summed E-state index contributed by atoms with van der Waals surface area (Å²) in [5.41, 5.74) is 4.29. The maximum absolute atomic E-state index is 12.6. The van der Waals surface area contributed by atoms with Crippen LogP contribution in [-0.4, -0.2) is 45.0 Å². The molecule has 0 aliphatic heterocycles. The van der Waals surface area contributed by atoms with Gasteiger partial charge in [-0.1, -0.05) is 6.42 Å². The Bertz CT molecular complexity index is 811. The standard InChI is InChI=1S/C20H28N4O3/c1-12-10-13(2)22-20(21-12)24-15(4)16(14(3)23-24)11-19(25)27-18-9-7-6-8-17(18)26-5/h10,17-18H,6-9,11H2,1-5H3/t17-,18-/m1/s1. The van der Waals surface area contributed by atoms with Crippen LogP contribution in [0.4, 0.5) is 0 Å². The van der Waals surface area contributed by atoms with Gasteiger partial charge in [-0.05, 0) is 53.0 Å². The summed E-state index contributed by atoms with van der Waals surface area (Å²) in [6.45, 7) is 7.69. The van der Waals surface area contributed by atoms with E-state index < -0.39 is 0 Å². The lowest BCUT2D eigenvalue weighted by molar-refractivity contribution is -0.158. The molecule has 2 aromatic rings. The van der Waals surface area contributed by atoms with Crippen molar-refractivity contribution in [3.05, 3.63) is 34.4 Å². The smallest absolute Gasteiger partial charge is 0.310 e. The Labute approximate surface area is 160 Å². The van der Waals surface area contributed by atoms with E-state index in [2.05, 4.69) is 15.1 Å². The number of ether oxygens (including phenoxy) is 2. The molecule has 0 saturated heterocycles. The second-order valence-corrected chi connectivity index (χ2v) is 7.28. The van der Waals surface area contributed by atoms with Gasteiger partial charge in [0.05, 0.1) is 18.2 Å². The Morgan fingerprint density at radius 3 is 2.37 bits per heavy atom. The van der Waals surface area contributed by atoms with Crippen molar-refractivity contribution < 1.29 is 14.3 Å². The molecule has 0 aromatic carbocycles. The molecule has 0 radical (unpaired) electrons. The third-order valence-electron chi connectivity index (χ3n) is 5.15. The van der Waals surface area contributed by atoms with Gasteiger partial charge in [-0.15, -0.1) is 0 Å². The number of aryl methyl sites for hydroxylation is 3. The zero-order chi connectivity index (χ0) is 19.6. The molecule has 146 valence electrons. The van der Waals surface area contributed by atoms with E-state index in [9.17, 15) is 4.79 Å². The molecule has 2 heterocycles. The van der Waals surface area contributed by atoms with Crippen molar-refractivity contribution in [1.29, 1.82) is 0 Å². The minimum absolute atomic E-state index is 0.00344. The van der Waals surface area contributed by atoms with Crippen molar-refractivity contribution >= 4 is 5.97 Å². The van der Waals surface area contributed by atoms with Crippen LogP contribution in [0.15, 0.2) is 6.07 Å². The van der Waals surface area contributed by atoms with Gasteiger partial charge in [-0.2, -0.15) is 5.10 Å². The van der Waals surface area contributed by atoms with Crippen molar-refractivity contribution in [2.75, 3.05) is 7.11 Å². The molecule has 1 saturated carbocycles. The van der Waals surface area contributed by atoms with Crippen LogP contribution in [0.2, 0.25) is 0 Å². The predicted octanol–water partition coefficient (Wildman–Crippen LogP) is 2.94. The highest BCUT2D eigenvalue weighted by Gasteiger charge is 2.29. The van der Waals surface area contributed by atoms with E-state index in [1.807, 2.05) is 33.8 Å². The molecule has 0 spiro atoms. The highest BCUT2D eigenvalue weighted by Crippen LogP contribution is 2.24. The number of rotatable bonds is 5. The third-order valence-corrected chi connectivity index (χ3v) is 5.15. The summed E-state index contributed by atoms with van der Waals surface area (Å²) >= 11 is 0. The lowest BCUT2D eigenvalue weighted by atomic mass is 9.94.